The molecule has 8 heteroatoms. The molecule has 0 fully saturated rings. The molecule has 3 rings (SSSR count). The first kappa shape index (κ1) is 17.2. The van der Waals surface area contributed by atoms with Crippen molar-refractivity contribution < 1.29 is 23.5 Å². The van der Waals surface area contributed by atoms with Gasteiger partial charge in [-0.05, 0) is 18.6 Å². The number of carbonyl (C=O) groups is 2. The second kappa shape index (κ2) is 7.94. The Morgan fingerprint density at radius 1 is 1.16 bits per heavy atom. The third-order valence-corrected chi connectivity index (χ3v) is 3.83. The van der Waals surface area contributed by atoms with Gasteiger partial charge in [0.1, 0.15) is 13.2 Å². The topological polar surface area (TPSA) is 89.8 Å². The standard InChI is InChI=1S/C17H17ClN2O5/c18-11-9-14-15(25-8-7-24-14)10-12(11)20-16(21)4-1-5-19-17(22)13-3-2-6-23-13/h2-3,6,9-10H,1,4-5,7-8H2,(H,19,22)(H,20,21). The number of benzene rings is 1. The summed E-state index contributed by atoms with van der Waals surface area (Å²) >= 11 is 6.15. The molecule has 7 nitrogen and oxygen atoms in total. The lowest BCUT2D eigenvalue weighted by atomic mass is 10.2. The summed E-state index contributed by atoms with van der Waals surface area (Å²) in [6.07, 6.45) is 2.16. The van der Waals surface area contributed by atoms with Gasteiger partial charge < -0.3 is 24.5 Å². The molecule has 1 aromatic carbocycles. The molecule has 2 N–H and O–H groups in total. The monoisotopic (exact) mass is 364 g/mol. The molecular weight excluding hydrogens is 348 g/mol. The minimum absolute atomic E-state index is 0.203. The van der Waals surface area contributed by atoms with Crippen LogP contribution in [-0.2, 0) is 4.79 Å². The minimum Gasteiger partial charge on any atom is -0.486 e. The average Bonchev–Trinajstić information content (AvgIpc) is 3.14. The molecule has 2 aromatic rings. The van der Waals surface area contributed by atoms with Gasteiger partial charge in [-0.3, -0.25) is 9.59 Å². The van der Waals surface area contributed by atoms with Crippen LogP contribution >= 0.6 is 11.6 Å². The van der Waals surface area contributed by atoms with Crippen LogP contribution < -0.4 is 20.1 Å². The Morgan fingerprint density at radius 2 is 1.92 bits per heavy atom. The van der Waals surface area contributed by atoms with E-state index in [-0.39, 0.29) is 24.0 Å². The van der Waals surface area contributed by atoms with E-state index in [2.05, 4.69) is 10.6 Å². The van der Waals surface area contributed by atoms with Crippen molar-refractivity contribution in [1.82, 2.24) is 5.32 Å². The van der Waals surface area contributed by atoms with Gasteiger partial charge >= 0.3 is 0 Å². The third-order valence-electron chi connectivity index (χ3n) is 3.52. The van der Waals surface area contributed by atoms with Gasteiger partial charge in [0.2, 0.25) is 5.91 Å². The first-order valence-electron chi connectivity index (χ1n) is 7.84. The molecule has 0 aliphatic carbocycles. The molecule has 0 atom stereocenters. The Labute approximate surface area is 149 Å². The van der Waals surface area contributed by atoms with E-state index in [1.165, 1.54) is 6.26 Å². The Hall–Kier alpha value is -2.67. The van der Waals surface area contributed by atoms with Crippen molar-refractivity contribution in [3.05, 3.63) is 41.3 Å². The van der Waals surface area contributed by atoms with Crippen molar-refractivity contribution in [2.45, 2.75) is 12.8 Å². The maximum Gasteiger partial charge on any atom is 0.286 e. The smallest absolute Gasteiger partial charge is 0.286 e. The third kappa shape index (κ3) is 4.45. The van der Waals surface area contributed by atoms with Crippen molar-refractivity contribution in [3.63, 3.8) is 0 Å². The first-order valence-corrected chi connectivity index (χ1v) is 8.22. The molecule has 2 amide bonds. The van der Waals surface area contributed by atoms with E-state index >= 15 is 0 Å². The summed E-state index contributed by atoms with van der Waals surface area (Å²) in [4.78, 5) is 23.7. The molecule has 0 radical (unpaired) electrons. The molecule has 2 heterocycles. The SMILES string of the molecule is O=C(CCCNC(=O)c1ccco1)Nc1cc2c(cc1Cl)OCCO2. The predicted molar refractivity (Wildman–Crippen MR) is 91.3 cm³/mol. The summed E-state index contributed by atoms with van der Waals surface area (Å²) in [5, 5.41) is 5.80. The van der Waals surface area contributed by atoms with E-state index in [1.807, 2.05) is 0 Å². The summed E-state index contributed by atoms with van der Waals surface area (Å²) in [6.45, 7) is 1.29. The average molecular weight is 365 g/mol. The van der Waals surface area contributed by atoms with Crippen LogP contribution in [0.1, 0.15) is 23.4 Å². The van der Waals surface area contributed by atoms with Gasteiger partial charge in [0, 0.05) is 25.1 Å². The molecule has 0 bridgehead atoms. The number of hydrogen-bond acceptors (Lipinski definition) is 5. The number of anilines is 1. The lowest BCUT2D eigenvalue weighted by Crippen LogP contribution is -2.25. The maximum absolute atomic E-state index is 12.0. The van der Waals surface area contributed by atoms with Crippen molar-refractivity contribution >= 4 is 29.1 Å². The molecule has 25 heavy (non-hydrogen) atoms. The van der Waals surface area contributed by atoms with Crippen molar-refractivity contribution in [3.8, 4) is 11.5 Å². The van der Waals surface area contributed by atoms with Crippen LogP contribution in [0.25, 0.3) is 0 Å². The van der Waals surface area contributed by atoms with Crippen LogP contribution in [0.2, 0.25) is 5.02 Å². The van der Waals surface area contributed by atoms with Crippen LogP contribution in [-0.4, -0.2) is 31.6 Å². The van der Waals surface area contributed by atoms with Crippen molar-refractivity contribution in [2.75, 3.05) is 25.1 Å². The number of rotatable bonds is 6. The molecule has 1 aliphatic heterocycles. The molecule has 1 aromatic heterocycles. The van der Waals surface area contributed by atoms with E-state index in [1.54, 1.807) is 24.3 Å². The number of furan rings is 1. The van der Waals surface area contributed by atoms with Gasteiger partial charge in [-0.2, -0.15) is 0 Å². The second-order valence-electron chi connectivity index (χ2n) is 5.36. The molecule has 1 aliphatic rings. The number of amides is 2. The Bertz CT molecular complexity index is 761. The number of carbonyl (C=O) groups excluding carboxylic acids is 2. The van der Waals surface area contributed by atoms with E-state index in [0.717, 1.165) is 0 Å². The quantitative estimate of drug-likeness (QED) is 0.769. The summed E-state index contributed by atoms with van der Waals surface area (Å²) in [6, 6.07) is 6.48. The fourth-order valence-corrected chi connectivity index (χ4v) is 2.52. The summed E-state index contributed by atoms with van der Waals surface area (Å²) in [5.41, 5.74) is 0.468. The van der Waals surface area contributed by atoms with E-state index < -0.39 is 0 Å². The highest BCUT2D eigenvalue weighted by atomic mass is 35.5. The van der Waals surface area contributed by atoms with E-state index in [9.17, 15) is 9.59 Å². The van der Waals surface area contributed by atoms with Crippen molar-refractivity contribution in [2.24, 2.45) is 0 Å². The maximum atomic E-state index is 12.0. The lowest BCUT2D eigenvalue weighted by molar-refractivity contribution is -0.116. The van der Waals surface area contributed by atoms with Gasteiger partial charge in [-0.15, -0.1) is 0 Å². The number of hydrogen-bond donors (Lipinski definition) is 2. The molecule has 0 saturated heterocycles. The van der Waals surface area contributed by atoms with E-state index in [4.69, 9.17) is 25.5 Å². The largest absolute Gasteiger partial charge is 0.486 e. The molecule has 132 valence electrons. The Balaban J connectivity index is 1.45. The van der Waals surface area contributed by atoms with Crippen LogP contribution in [0.3, 0.4) is 0 Å². The number of fused-ring (bicyclic) bond motifs is 1. The van der Waals surface area contributed by atoms with Gasteiger partial charge in [-0.25, -0.2) is 0 Å². The van der Waals surface area contributed by atoms with Crippen LogP contribution in [0, 0.1) is 0 Å². The van der Waals surface area contributed by atoms with Gasteiger partial charge in [0.15, 0.2) is 17.3 Å². The normalized spacial score (nSPS) is 12.5. The van der Waals surface area contributed by atoms with Crippen LogP contribution in [0.15, 0.2) is 34.9 Å². The number of halogens is 1. The van der Waals surface area contributed by atoms with Gasteiger partial charge in [-0.1, -0.05) is 11.6 Å². The fraction of sp³-hybridized carbons (Fsp3) is 0.294. The van der Waals surface area contributed by atoms with Crippen LogP contribution in [0.5, 0.6) is 11.5 Å². The lowest BCUT2D eigenvalue weighted by Gasteiger charge is -2.20. The minimum atomic E-state index is -0.305. The van der Waals surface area contributed by atoms with Crippen LogP contribution in [0.4, 0.5) is 5.69 Å². The summed E-state index contributed by atoms with van der Waals surface area (Å²) in [7, 11) is 0. The first-order chi connectivity index (χ1) is 12.1. The summed E-state index contributed by atoms with van der Waals surface area (Å²) < 4.78 is 15.9. The zero-order valence-electron chi connectivity index (χ0n) is 13.3. The highest BCUT2D eigenvalue weighted by Crippen LogP contribution is 2.37. The number of nitrogens with one attached hydrogen (secondary N) is 2. The second-order valence-corrected chi connectivity index (χ2v) is 5.77. The zero-order valence-corrected chi connectivity index (χ0v) is 14.1. The molecule has 0 unspecified atom stereocenters. The van der Waals surface area contributed by atoms with Gasteiger partial charge in [0.25, 0.3) is 5.91 Å². The van der Waals surface area contributed by atoms with E-state index in [0.29, 0.717) is 48.4 Å². The summed E-state index contributed by atoms with van der Waals surface area (Å²) in [5.74, 6) is 0.852. The predicted octanol–water partition coefficient (Wildman–Crippen LogP) is 2.85. The highest BCUT2D eigenvalue weighted by molar-refractivity contribution is 6.34. The van der Waals surface area contributed by atoms with Crippen molar-refractivity contribution in [1.29, 1.82) is 0 Å². The van der Waals surface area contributed by atoms with Gasteiger partial charge in [0.05, 0.1) is 17.0 Å². The fourth-order valence-electron chi connectivity index (χ4n) is 2.32. The Morgan fingerprint density at radius 3 is 2.64 bits per heavy atom. The zero-order chi connectivity index (χ0) is 17.6. The Kier molecular flexibility index (Phi) is 5.45. The highest BCUT2D eigenvalue weighted by Gasteiger charge is 2.16. The molecular formula is C17H17ClN2O5. The number of ether oxygens (including phenoxy) is 2. The molecule has 0 spiro atoms. The molecule has 0 saturated carbocycles.